The summed E-state index contributed by atoms with van der Waals surface area (Å²) in [6.45, 7) is 11.4. The molecule has 2 aromatic heterocycles. The van der Waals surface area contributed by atoms with Crippen molar-refractivity contribution in [3.63, 3.8) is 0 Å². The molecule has 1 N–H and O–H groups in total. The number of aromatic nitrogens is 2. The fourth-order valence-electron chi connectivity index (χ4n) is 3.11. The number of benzene rings is 1. The molecule has 0 atom stereocenters. The average Bonchev–Trinajstić information content (AvgIpc) is 2.65. The summed E-state index contributed by atoms with van der Waals surface area (Å²) in [5.74, 6) is -0.0266. The molecule has 0 saturated carbocycles. The second kappa shape index (κ2) is 7.74. The highest BCUT2D eigenvalue weighted by Gasteiger charge is 2.20. The Hall–Kier alpha value is -2.95. The molecule has 140 valence electrons. The van der Waals surface area contributed by atoms with E-state index in [2.05, 4.69) is 41.3 Å². The third kappa shape index (κ3) is 3.77. The Morgan fingerprint density at radius 3 is 2.44 bits per heavy atom. The standard InChI is InChI=1S/C22H26N4O/c1-6-26(7-2)22(27)19-13-23-21-18(11-9-16(5)24-21)20(19)25-17-10-8-14(3)15(4)12-17/h8-13H,6-7H2,1-5H3,(H,23,24,25). The van der Waals surface area contributed by atoms with Gasteiger partial charge in [0.2, 0.25) is 0 Å². The molecule has 0 saturated heterocycles. The quantitative estimate of drug-likeness (QED) is 0.709. The lowest BCUT2D eigenvalue weighted by Gasteiger charge is -2.21. The molecule has 0 bridgehead atoms. The highest BCUT2D eigenvalue weighted by atomic mass is 16.2. The lowest BCUT2D eigenvalue weighted by Crippen LogP contribution is -2.31. The Morgan fingerprint density at radius 1 is 1.04 bits per heavy atom. The van der Waals surface area contributed by atoms with Gasteiger partial charge in [-0.25, -0.2) is 9.97 Å². The van der Waals surface area contributed by atoms with Crippen molar-refractivity contribution in [3.05, 3.63) is 58.9 Å². The zero-order chi connectivity index (χ0) is 19.6. The van der Waals surface area contributed by atoms with Crippen LogP contribution >= 0.6 is 0 Å². The van der Waals surface area contributed by atoms with Crippen molar-refractivity contribution >= 4 is 28.3 Å². The van der Waals surface area contributed by atoms with Crippen LogP contribution < -0.4 is 5.32 Å². The Labute approximate surface area is 160 Å². The molecular formula is C22H26N4O. The fourth-order valence-corrected chi connectivity index (χ4v) is 3.11. The first-order valence-corrected chi connectivity index (χ1v) is 9.34. The van der Waals surface area contributed by atoms with Crippen LogP contribution in [0.4, 0.5) is 11.4 Å². The molecule has 0 radical (unpaired) electrons. The van der Waals surface area contributed by atoms with Gasteiger partial charge in [0.05, 0.1) is 11.3 Å². The first-order valence-electron chi connectivity index (χ1n) is 9.34. The Balaban J connectivity index is 2.17. The predicted molar refractivity (Wildman–Crippen MR) is 111 cm³/mol. The van der Waals surface area contributed by atoms with E-state index in [4.69, 9.17) is 0 Å². The van der Waals surface area contributed by atoms with Gasteiger partial charge in [-0.05, 0) is 70.0 Å². The average molecular weight is 362 g/mol. The Bertz CT molecular complexity index is 993. The number of nitrogens with one attached hydrogen (secondary N) is 1. The van der Waals surface area contributed by atoms with Crippen molar-refractivity contribution in [1.82, 2.24) is 14.9 Å². The van der Waals surface area contributed by atoms with Crippen LogP contribution in [0.2, 0.25) is 0 Å². The summed E-state index contributed by atoms with van der Waals surface area (Å²) in [6, 6.07) is 10.1. The minimum Gasteiger partial charge on any atom is -0.354 e. The van der Waals surface area contributed by atoms with Gasteiger partial charge in [-0.3, -0.25) is 4.79 Å². The summed E-state index contributed by atoms with van der Waals surface area (Å²) in [7, 11) is 0. The van der Waals surface area contributed by atoms with E-state index in [0.29, 0.717) is 24.3 Å². The SMILES string of the molecule is CCN(CC)C(=O)c1cnc2nc(C)ccc2c1Nc1ccc(C)c(C)c1. The monoisotopic (exact) mass is 362 g/mol. The van der Waals surface area contributed by atoms with E-state index in [0.717, 1.165) is 22.5 Å². The van der Waals surface area contributed by atoms with Gasteiger partial charge in [0.25, 0.3) is 5.91 Å². The Morgan fingerprint density at radius 2 is 1.78 bits per heavy atom. The molecule has 0 spiro atoms. The van der Waals surface area contributed by atoms with E-state index < -0.39 is 0 Å². The number of amides is 1. The zero-order valence-corrected chi connectivity index (χ0v) is 16.6. The van der Waals surface area contributed by atoms with Crippen LogP contribution in [0, 0.1) is 20.8 Å². The van der Waals surface area contributed by atoms with Crippen molar-refractivity contribution < 1.29 is 4.79 Å². The number of anilines is 2. The third-order valence-electron chi connectivity index (χ3n) is 4.93. The van der Waals surface area contributed by atoms with Crippen LogP contribution in [0.25, 0.3) is 11.0 Å². The molecule has 2 heterocycles. The van der Waals surface area contributed by atoms with E-state index in [-0.39, 0.29) is 5.91 Å². The van der Waals surface area contributed by atoms with E-state index in [1.54, 1.807) is 11.1 Å². The molecule has 5 heteroatoms. The van der Waals surface area contributed by atoms with Gasteiger partial charge < -0.3 is 10.2 Å². The maximum Gasteiger partial charge on any atom is 0.257 e. The summed E-state index contributed by atoms with van der Waals surface area (Å²) >= 11 is 0. The van der Waals surface area contributed by atoms with Gasteiger partial charge in [-0.15, -0.1) is 0 Å². The number of nitrogens with zero attached hydrogens (tertiary/aromatic N) is 3. The zero-order valence-electron chi connectivity index (χ0n) is 16.6. The van der Waals surface area contributed by atoms with Crippen LogP contribution in [-0.4, -0.2) is 33.9 Å². The van der Waals surface area contributed by atoms with Crippen molar-refractivity contribution in [2.24, 2.45) is 0 Å². The van der Waals surface area contributed by atoms with Crippen molar-refractivity contribution in [2.45, 2.75) is 34.6 Å². The van der Waals surface area contributed by atoms with Gasteiger partial charge in [-0.1, -0.05) is 6.07 Å². The molecule has 0 aliphatic carbocycles. The number of carbonyl (C=O) groups is 1. The number of carbonyl (C=O) groups excluding carboxylic acids is 1. The van der Waals surface area contributed by atoms with E-state index in [1.165, 1.54) is 11.1 Å². The maximum atomic E-state index is 13.1. The van der Waals surface area contributed by atoms with Crippen LogP contribution in [-0.2, 0) is 0 Å². The summed E-state index contributed by atoms with van der Waals surface area (Å²) < 4.78 is 0. The van der Waals surface area contributed by atoms with Crippen LogP contribution in [0.15, 0.2) is 36.5 Å². The van der Waals surface area contributed by atoms with Crippen molar-refractivity contribution in [1.29, 1.82) is 0 Å². The number of rotatable bonds is 5. The number of pyridine rings is 2. The molecule has 3 rings (SSSR count). The number of hydrogen-bond donors (Lipinski definition) is 1. The molecule has 1 aromatic carbocycles. The fraction of sp³-hybridized carbons (Fsp3) is 0.318. The number of aryl methyl sites for hydroxylation is 3. The lowest BCUT2D eigenvalue weighted by molar-refractivity contribution is 0.0774. The number of hydrogen-bond acceptors (Lipinski definition) is 4. The summed E-state index contributed by atoms with van der Waals surface area (Å²) in [5.41, 5.74) is 6.23. The molecular weight excluding hydrogens is 336 g/mol. The van der Waals surface area contributed by atoms with Gasteiger partial charge in [0, 0.05) is 36.1 Å². The van der Waals surface area contributed by atoms with Gasteiger partial charge in [0.1, 0.15) is 0 Å². The van der Waals surface area contributed by atoms with Crippen LogP contribution in [0.3, 0.4) is 0 Å². The van der Waals surface area contributed by atoms with E-state index >= 15 is 0 Å². The summed E-state index contributed by atoms with van der Waals surface area (Å²) in [5, 5.41) is 4.30. The van der Waals surface area contributed by atoms with Gasteiger partial charge >= 0.3 is 0 Å². The molecule has 27 heavy (non-hydrogen) atoms. The minimum absolute atomic E-state index is 0.0266. The van der Waals surface area contributed by atoms with Crippen molar-refractivity contribution in [2.75, 3.05) is 18.4 Å². The molecule has 0 aliphatic rings. The van der Waals surface area contributed by atoms with Gasteiger partial charge in [-0.2, -0.15) is 0 Å². The highest BCUT2D eigenvalue weighted by molar-refractivity contribution is 6.07. The second-order valence-electron chi connectivity index (χ2n) is 6.77. The predicted octanol–water partition coefficient (Wildman–Crippen LogP) is 4.78. The molecule has 3 aromatic rings. The highest BCUT2D eigenvalue weighted by Crippen LogP contribution is 2.30. The molecule has 0 unspecified atom stereocenters. The smallest absolute Gasteiger partial charge is 0.257 e. The summed E-state index contributed by atoms with van der Waals surface area (Å²) in [6.07, 6.45) is 1.64. The minimum atomic E-state index is -0.0266. The lowest BCUT2D eigenvalue weighted by atomic mass is 10.1. The van der Waals surface area contributed by atoms with Crippen LogP contribution in [0.5, 0.6) is 0 Å². The first kappa shape index (κ1) is 18.8. The number of fused-ring (bicyclic) bond motifs is 1. The first-order chi connectivity index (χ1) is 12.9. The van der Waals surface area contributed by atoms with E-state index in [1.807, 2.05) is 39.0 Å². The maximum absolute atomic E-state index is 13.1. The normalized spacial score (nSPS) is 10.9. The van der Waals surface area contributed by atoms with Crippen LogP contribution in [0.1, 0.15) is 41.0 Å². The molecule has 1 amide bonds. The molecule has 5 nitrogen and oxygen atoms in total. The topological polar surface area (TPSA) is 58.1 Å². The van der Waals surface area contributed by atoms with E-state index in [9.17, 15) is 4.79 Å². The second-order valence-corrected chi connectivity index (χ2v) is 6.77. The summed E-state index contributed by atoms with van der Waals surface area (Å²) in [4.78, 5) is 23.8. The molecule has 0 aliphatic heterocycles. The Kier molecular flexibility index (Phi) is 5.40. The third-order valence-corrected chi connectivity index (χ3v) is 4.93. The molecule has 0 fully saturated rings. The van der Waals surface area contributed by atoms with Gasteiger partial charge in [0.15, 0.2) is 5.65 Å². The van der Waals surface area contributed by atoms with Crippen molar-refractivity contribution in [3.8, 4) is 0 Å². The largest absolute Gasteiger partial charge is 0.354 e.